The standard InChI is InChI=1S/C33H45ClN2O10S2/c1-19-9-8-10-25(42-6)33(40)18-22(44-31(39)35-33)16-27-32(3,46-27)26(45-30(38)20(2)43-11-12-48-47-7)17-28(37)36(4)23-14-21(13-19)15-24(41-5)29(23)34/h8-10,14-15,20,22,25-27,40H,11-13,16-18H2,1-7H3,(H,35,39)/b10-8+,19-9+/t20-,22+,25+,26-,27-,32-,33-/m0/s1. The van der Waals surface area contributed by atoms with Gasteiger partial charge in [0.25, 0.3) is 0 Å². The lowest BCUT2D eigenvalue weighted by Gasteiger charge is -2.40. The van der Waals surface area contributed by atoms with Gasteiger partial charge in [0, 0.05) is 32.8 Å². The van der Waals surface area contributed by atoms with Crippen molar-refractivity contribution in [3.8, 4) is 5.75 Å². The van der Waals surface area contributed by atoms with Crippen LogP contribution in [0, 0.1) is 0 Å². The molecule has 0 unspecified atom stereocenters. The van der Waals surface area contributed by atoms with E-state index in [2.05, 4.69) is 5.32 Å². The molecule has 0 aromatic heterocycles. The number of esters is 1. The van der Waals surface area contributed by atoms with Crippen molar-refractivity contribution < 1.29 is 47.9 Å². The molecule has 0 radical (unpaired) electrons. The van der Waals surface area contributed by atoms with Gasteiger partial charge in [0.1, 0.15) is 34.7 Å². The van der Waals surface area contributed by atoms with Crippen molar-refractivity contribution in [2.75, 3.05) is 44.8 Å². The van der Waals surface area contributed by atoms with Gasteiger partial charge in [-0.3, -0.25) is 10.1 Å². The third kappa shape index (κ3) is 9.20. The highest BCUT2D eigenvalue weighted by atomic mass is 35.5. The third-order valence-electron chi connectivity index (χ3n) is 8.74. The van der Waals surface area contributed by atoms with Crippen molar-refractivity contribution in [2.24, 2.45) is 0 Å². The van der Waals surface area contributed by atoms with Gasteiger partial charge in [-0.15, -0.1) is 0 Å². The smallest absolute Gasteiger partial charge is 0.409 e. The molecule has 0 spiro atoms. The van der Waals surface area contributed by atoms with Crippen molar-refractivity contribution >= 4 is 56.8 Å². The number of nitrogens with zero attached hydrogens (tertiary/aromatic N) is 1. The highest BCUT2D eigenvalue weighted by molar-refractivity contribution is 8.76. The molecule has 7 atom stereocenters. The summed E-state index contributed by atoms with van der Waals surface area (Å²) in [6.45, 7) is 5.62. The van der Waals surface area contributed by atoms with Crippen LogP contribution in [0.5, 0.6) is 5.75 Å². The lowest BCUT2D eigenvalue weighted by atomic mass is 9.90. The molecule has 2 amide bonds. The number of ether oxygens (including phenoxy) is 6. The van der Waals surface area contributed by atoms with Crippen LogP contribution in [0.3, 0.4) is 0 Å². The Balaban J connectivity index is 1.71. The van der Waals surface area contributed by atoms with Crippen molar-refractivity contribution in [2.45, 2.75) is 88.3 Å². The topological polar surface area (TPSA) is 145 Å². The molecule has 3 aliphatic heterocycles. The Morgan fingerprint density at radius 1 is 1.29 bits per heavy atom. The van der Waals surface area contributed by atoms with Crippen molar-refractivity contribution in [3.63, 3.8) is 0 Å². The molecule has 2 fully saturated rings. The van der Waals surface area contributed by atoms with E-state index in [-0.39, 0.29) is 30.2 Å². The lowest BCUT2D eigenvalue weighted by molar-refractivity contribution is -0.165. The van der Waals surface area contributed by atoms with Gasteiger partial charge in [0.2, 0.25) is 5.91 Å². The van der Waals surface area contributed by atoms with Crippen LogP contribution in [0.1, 0.15) is 45.6 Å². The average molecular weight is 729 g/mol. The van der Waals surface area contributed by atoms with Gasteiger partial charge in [-0.25, -0.2) is 9.59 Å². The summed E-state index contributed by atoms with van der Waals surface area (Å²) in [6.07, 6.45) is 2.71. The summed E-state index contributed by atoms with van der Waals surface area (Å²) in [5.41, 5.74) is -0.671. The number of benzene rings is 1. The second-order valence-electron chi connectivity index (χ2n) is 12.3. The number of fused-ring (bicyclic) bond motifs is 5. The van der Waals surface area contributed by atoms with E-state index < -0.39 is 53.9 Å². The molecule has 1 aromatic carbocycles. The quantitative estimate of drug-likeness (QED) is 0.155. The Hall–Kier alpha value is -2.46. The van der Waals surface area contributed by atoms with E-state index in [9.17, 15) is 19.5 Å². The Morgan fingerprint density at radius 3 is 2.73 bits per heavy atom. The van der Waals surface area contributed by atoms with Crippen LogP contribution in [-0.2, 0) is 39.7 Å². The summed E-state index contributed by atoms with van der Waals surface area (Å²) in [7, 11) is 7.75. The minimum Gasteiger partial charge on any atom is -0.495 e. The fraction of sp³-hybridized carbons (Fsp3) is 0.606. The number of allylic oxidation sites excluding steroid dienone is 3. The first kappa shape index (κ1) is 38.3. The molecular weight excluding hydrogens is 684 g/mol. The SMILES string of the molecule is COc1cc2cc(c1Cl)N(C)C(=O)C[C@H](OC(=O)[C@H](C)OCCSSC)[C@]1(C)O[C@H]1C[C@@H]1C[C@@](O)(NC(=O)O1)[C@H](OC)/C=C/C=C(\C)C2. The molecule has 1 aromatic rings. The first-order valence-corrected chi connectivity index (χ1v) is 18.7. The zero-order chi connectivity index (χ0) is 35.2. The van der Waals surface area contributed by atoms with Gasteiger partial charge in [0.05, 0.1) is 31.9 Å². The van der Waals surface area contributed by atoms with Crippen LogP contribution in [0.4, 0.5) is 10.5 Å². The number of carbonyl (C=O) groups is 3. The summed E-state index contributed by atoms with van der Waals surface area (Å²) in [5, 5.41) is 14.3. The Labute approximate surface area is 294 Å². The van der Waals surface area contributed by atoms with E-state index in [4.69, 9.17) is 40.0 Å². The Morgan fingerprint density at radius 2 is 2.04 bits per heavy atom. The number of hydrogen-bond donors (Lipinski definition) is 2. The number of anilines is 1. The van der Waals surface area contributed by atoms with E-state index in [1.807, 2.05) is 25.3 Å². The van der Waals surface area contributed by atoms with Gasteiger partial charge in [-0.05, 0) is 51.1 Å². The Bertz CT molecular complexity index is 1410. The number of alkyl carbamates (subject to hydrolysis) is 1. The number of methoxy groups -OCH3 is 2. The van der Waals surface area contributed by atoms with Crippen molar-refractivity contribution in [1.82, 2.24) is 5.32 Å². The van der Waals surface area contributed by atoms with Crippen molar-refractivity contribution in [1.29, 1.82) is 0 Å². The fourth-order valence-corrected chi connectivity index (χ4v) is 7.25. The molecule has 0 saturated carbocycles. The number of rotatable bonds is 9. The first-order valence-electron chi connectivity index (χ1n) is 15.6. The molecule has 4 rings (SSSR count). The van der Waals surface area contributed by atoms with Gasteiger partial charge in [-0.1, -0.05) is 57.0 Å². The molecule has 12 nitrogen and oxygen atoms in total. The molecule has 2 saturated heterocycles. The molecule has 3 heterocycles. The largest absolute Gasteiger partial charge is 0.495 e. The summed E-state index contributed by atoms with van der Waals surface area (Å²) < 4.78 is 34.4. The highest BCUT2D eigenvalue weighted by Crippen LogP contribution is 2.47. The van der Waals surface area contributed by atoms with E-state index in [0.717, 1.165) is 11.1 Å². The van der Waals surface area contributed by atoms with E-state index >= 15 is 0 Å². The summed E-state index contributed by atoms with van der Waals surface area (Å²) >= 11 is 6.71. The van der Waals surface area contributed by atoms with Crippen LogP contribution in [0.2, 0.25) is 5.02 Å². The molecule has 266 valence electrons. The zero-order valence-corrected chi connectivity index (χ0v) is 30.7. The van der Waals surface area contributed by atoms with Crippen LogP contribution >= 0.6 is 33.2 Å². The average Bonchev–Trinajstić information content (AvgIpc) is 3.69. The molecule has 0 aliphatic carbocycles. The van der Waals surface area contributed by atoms with Crippen LogP contribution in [0.15, 0.2) is 35.9 Å². The minimum atomic E-state index is -1.77. The summed E-state index contributed by atoms with van der Waals surface area (Å²) in [6, 6.07) is 3.62. The number of halogens is 1. The molecule has 2 N–H and O–H groups in total. The number of carbonyl (C=O) groups excluding carboxylic acids is 3. The van der Waals surface area contributed by atoms with Crippen LogP contribution < -0.4 is 15.0 Å². The third-order valence-corrected chi connectivity index (χ3v) is 10.9. The van der Waals surface area contributed by atoms with Gasteiger partial charge in [0.15, 0.2) is 11.8 Å². The zero-order valence-electron chi connectivity index (χ0n) is 28.3. The predicted molar refractivity (Wildman–Crippen MR) is 186 cm³/mol. The van der Waals surface area contributed by atoms with E-state index in [1.165, 1.54) is 19.1 Å². The molecule has 15 heteroatoms. The highest BCUT2D eigenvalue weighted by Gasteiger charge is 2.61. The number of epoxide rings is 1. The summed E-state index contributed by atoms with van der Waals surface area (Å²) in [5.74, 6) is 0.0651. The van der Waals surface area contributed by atoms with Gasteiger partial charge < -0.3 is 38.4 Å². The Kier molecular flexibility index (Phi) is 13.2. The van der Waals surface area contributed by atoms with Gasteiger partial charge in [-0.2, -0.15) is 0 Å². The lowest BCUT2D eigenvalue weighted by Crippen LogP contribution is -2.62. The molecule has 3 aliphatic rings. The molecule has 4 bridgehead atoms. The maximum Gasteiger partial charge on any atom is 0.409 e. The van der Waals surface area contributed by atoms with Gasteiger partial charge >= 0.3 is 12.1 Å². The van der Waals surface area contributed by atoms with Crippen molar-refractivity contribution in [3.05, 3.63) is 46.5 Å². The fourth-order valence-electron chi connectivity index (χ4n) is 5.90. The second kappa shape index (κ2) is 16.5. The number of aliphatic hydroxyl groups is 1. The number of nitrogens with one attached hydrogen (secondary N) is 1. The predicted octanol–water partition coefficient (Wildman–Crippen LogP) is 4.84. The van der Waals surface area contributed by atoms with Crippen LogP contribution in [-0.4, -0.2) is 105 Å². The maximum atomic E-state index is 13.9. The number of amides is 2. The summed E-state index contributed by atoms with van der Waals surface area (Å²) in [4.78, 5) is 41.2. The normalized spacial score (nSPS) is 31.8. The van der Waals surface area contributed by atoms with E-state index in [0.29, 0.717) is 30.2 Å². The number of hydrogen-bond acceptors (Lipinski definition) is 12. The second-order valence-corrected chi connectivity index (χ2v) is 15.3. The molecular formula is C33H45ClN2O10S2. The minimum absolute atomic E-state index is 0.00456. The first-order chi connectivity index (χ1) is 22.7. The maximum absolute atomic E-state index is 13.9. The van der Waals surface area contributed by atoms with Crippen LogP contribution in [0.25, 0.3) is 0 Å². The monoisotopic (exact) mass is 728 g/mol. The molecule has 48 heavy (non-hydrogen) atoms. The van der Waals surface area contributed by atoms with E-state index in [1.54, 1.807) is 60.7 Å².